The van der Waals surface area contributed by atoms with Crippen LogP contribution in [0.3, 0.4) is 0 Å². The van der Waals surface area contributed by atoms with Gasteiger partial charge in [0.1, 0.15) is 5.82 Å². The zero-order chi connectivity index (χ0) is 13.8. The van der Waals surface area contributed by atoms with E-state index in [4.69, 9.17) is 17.3 Å². The molecule has 2 aromatic rings. The lowest BCUT2D eigenvalue weighted by Crippen LogP contribution is -2.15. The zero-order valence-electron chi connectivity index (χ0n) is 10.2. The molecule has 0 heterocycles. The summed E-state index contributed by atoms with van der Waals surface area (Å²) in [4.78, 5) is 0. The SMILES string of the molecule is NCC(Cc1cccc(Cl)c1F)c1ccc(Br)cc1. The molecule has 0 bridgehead atoms. The van der Waals surface area contributed by atoms with Crippen LogP contribution in [0.5, 0.6) is 0 Å². The van der Waals surface area contributed by atoms with E-state index in [0.29, 0.717) is 18.5 Å². The summed E-state index contributed by atoms with van der Waals surface area (Å²) in [5.41, 5.74) is 7.52. The van der Waals surface area contributed by atoms with Crippen molar-refractivity contribution < 1.29 is 4.39 Å². The second-order valence-corrected chi connectivity index (χ2v) is 5.72. The summed E-state index contributed by atoms with van der Waals surface area (Å²) in [7, 11) is 0. The fraction of sp³-hybridized carbons (Fsp3) is 0.200. The Labute approximate surface area is 125 Å². The van der Waals surface area contributed by atoms with Gasteiger partial charge in [-0.1, -0.05) is 51.8 Å². The molecule has 0 saturated carbocycles. The number of rotatable bonds is 4. The predicted molar refractivity (Wildman–Crippen MR) is 81.1 cm³/mol. The standard InChI is InChI=1S/C15H14BrClFN/c16-13-6-4-10(5-7-13)12(9-19)8-11-2-1-3-14(17)15(11)18/h1-7,12H,8-9,19H2. The molecule has 0 aliphatic rings. The van der Waals surface area contributed by atoms with E-state index in [1.165, 1.54) is 0 Å². The van der Waals surface area contributed by atoms with Crippen molar-refractivity contribution in [3.05, 3.63) is 68.9 Å². The van der Waals surface area contributed by atoms with Crippen molar-refractivity contribution in [3.8, 4) is 0 Å². The Balaban J connectivity index is 2.24. The van der Waals surface area contributed by atoms with Crippen LogP contribution in [0.1, 0.15) is 17.0 Å². The Morgan fingerprint density at radius 3 is 2.47 bits per heavy atom. The molecule has 0 spiro atoms. The summed E-state index contributed by atoms with van der Waals surface area (Å²) in [5.74, 6) is -0.263. The van der Waals surface area contributed by atoms with Gasteiger partial charge in [0.25, 0.3) is 0 Å². The van der Waals surface area contributed by atoms with Crippen molar-refractivity contribution in [2.75, 3.05) is 6.54 Å². The minimum absolute atomic E-state index is 0.0843. The van der Waals surface area contributed by atoms with E-state index >= 15 is 0 Å². The first-order valence-corrected chi connectivity index (χ1v) is 7.17. The lowest BCUT2D eigenvalue weighted by Gasteiger charge is -2.16. The number of benzene rings is 2. The fourth-order valence-electron chi connectivity index (χ4n) is 2.04. The maximum atomic E-state index is 13.9. The lowest BCUT2D eigenvalue weighted by molar-refractivity contribution is 0.591. The van der Waals surface area contributed by atoms with Crippen molar-refractivity contribution in [3.63, 3.8) is 0 Å². The van der Waals surface area contributed by atoms with Gasteiger partial charge in [-0.25, -0.2) is 4.39 Å². The number of halogens is 3. The van der Waals surface area contributed by atoms with Crippen LogP contribution in [0.15, 0.2) is 46.9 Å². The molecule has 2 aromatic carbocycles. The maximum absolute atomic E-state index is 13.9. The molecule has 0 aromatic heterocycles. The molecule has 1 unspecified atom stereocenters. The van der Waals surface area contributed by atoms with Crippen LogP contribution in [0.4, 0.5) is 4.39 Å². The largest absolute Gasteiger partial charge is 0.330 e. The molecule has 100 valence electrons. The van der Waals surface area contributed by atoms with Crippen molar-refractivity contribution in [2.45, 2.75) is 12.3 Å². The molecular weight excluding hydrogens is 329 g/mol. The van der Waals surface area contributed by atoms with Gasteiger partial charge in [-0.05, 0) is 42.3 Å². The second kappa shape index (κ2) is 6.51. The molecule has 1 nitrogen and oxygen atoms in total. The summed E-state index contributed by atoms with van der Waals surface area (Å²) in [5, 5.41) is 0.157. The summed E-state index contributed by atoms with van der Waals surface area (Å²) < 4.78 is 14.9. The molecule has 19 heavy (non-hydrogen) atoms. The fourth-order valence-corrected chi connectivity index (χ4v) is 2.50. The summed E-state index contributed by atoms with van der Waals surface area (Å²) >= 11 is 9.19. The second-order valence-electron chi connectivity index (χ2n) is 4.40. The van der Waals surface area contributed by atoms with Crippen LogP contribution in [0.2, 0.25) is 5.02 Å². The molecule has 0 aliphatic heterocycles. The summed E-state index contributed by atoms with van der Waals surface area (Å²) in [6.45, 7) is 0.466. The van der Waals surface area contributed by atoms with Gasteiger partial charge in [0, 0.05) is 10.4 Å². The third-order valence-electron chi connectivity index (χ3n) is 3.12. The van der Waals surface area contributed by atoms with E-state index in [1.807, 2.05) is 24.3 Å². The molecule has 0 radical (unpaired) electrons. The molecule has 2 N–H and O–H groups in total. The van der Waals surface area contributed by atoms with E-state index in [-0.39, 0.29) is 16.8 Å². The highest BCUT2D eigenvalue weighted by Gasteiger charge is 2.14. The van der Waals surface area contributed by atoms with E-state index in [2.05, 4.69) is 15.9 Å². The molecule has 0 saturated heterocycles. The maximum Gasteiger partial charge on any atom is 0.144 e. The number of nitrogens with two attached hydrogens (primary N) is 1. The Bertz CT molecular complexity index is 557. The van der Waals surface area contributed by atoms with Crippen LogP contribution in [0.25, 0.3) is 0 Å². The van der Waals surface area contributed by atoms with Crippen LogP contribution in [-0.2, 0) is 6.42 Å². The third kappa shape index (κ3) is 3.56. The van der Waals surface area contributed by atoms with E-state index < -0.39 is 0 Å². The Morgan fingerprint density at radius 2 is 1.84 bits per heavy atom. The summed E-state index contributed by atoms with van der Waals surface area (Å²) in [6.07, 6.45) is 0.546. The average molecular weight is 343 g/mol. The Hall–Kier alpha value is -0.900. The van der Waals surface area contributed by atoms with Gasteiger partial charge < -0.3 is 5.73 Å². The molecular formula is C15H14BrClFN. The minimum atomic E-state index is -0.347. The highest BCUT2D eigenvalue weighted by molar-refractivity contribution is 9.10. The van der Waals surface area contributed by atoms with Gasteiger partial charge in [-0.15, -0.1) is 0 Å². The number of hydrogen-bond donors (Lipinski definition) is 1. The summed E-state index contributed by atoms with van der Waals surface area (Å²) in [6, 6.07) is 13.0. The normalized spacial score (nSPS) is 12.4. The van der Waals surface area contributed by atoms with E-state index in [0.717, 1.165) is 10.0 Å². The van der Waals surface area contributed by atoms with E-state index in [9.17, 15) is 4.39 Å². The van der Waals surface area contributed by atoms with Gasteiger partial charge >= 0.3 is 0 Å². The van der Waals surface area contributed by atoms with Gasteiger partial charge in [0.2, 0.25) is 0 Å². The van der Waals surface area contributed by atoms with Crippen molar-refractivity contribution in [1.82, 2.24) is 0 Å². The van der Waals surface area contributed by atoms with Crippen molar-refractivity contribution in [1.29, 1.82) is 0 Å². The van der Waals surface area contributed by atoms with Crippen LogP contribution in [-0.4, -0.2) is 6.54 Å². The van der Waals surface area contributed by atoms with Crippen molar-refractivity contribution >= 4 is 27.5 Å². The van der Waals surface area contributed by atoms with E-state index in [1.54, 1.807) is 18.2 Å². The van der Waals surface area contributed by atoms with Crippen molar-refractivity contribution in [2.24, 2.45) is 5.73 Å². The molecule has 4 heteroatoms. The third-order valence-corrected chi connectivity index (χ3v) is 3.94. The monoisotopic (exact) mass is 341 g/mol. The highest BCUT2D eigenvalue weighted by Crippen LogP contribution is 2.25. The smallest absolute Gasteiger partial charge is 0.144 e. The highest BCUT2D eigenvalue weighted by atomic mass is 79.9. The molecule has 0 fully saturated rings. The molecule has 0 aliphatic carbocycles. The Morgan fingerprint density at radius 1 is 1.16 bits per heavy atom. The first-order chi connectivity index (χ1) is 9.11. The van der Waals surface area contributed by atoms with Gasteiger partial charge in [0.05, 0.1) is 5.02 Å². The quantitative estimate of drug-likeness (QED) is 0.868. The van der Waals surface area contributed by atoms with Gasteiger partial charge in [0.15, 0.2) is 0 Å². The topological polar surface area (TPSA) is 26.0 Å². The first-order valence-electron chi connectivity index (χ1n) is 6.00. The predicted octanol–water partition coefficient (Wildman–Crippen LogP) is 4.53. The lowest BCUT2D eigenvalue weighted by atomic mass is 9.92. The van der Waals surface area contributed by atoms with Crippen LogP contribution in [0, 0.1) is 5.82 Å². The Kier molecular flexibility index (Phi) is 4.97. The van der Waals surface area contributed by atoms with Gasteiger partial charge in [-0.3, -0.25) is 0 Å². The van der Waals surface area contributed by atoms with Crippen LogP contribution >= 0.6 is 27.5 Å². The van der Waals surface area contributed by atoms with Crippen LogP contribution < -0.4 is 5.73 Å². The molecule has 0 amide bonds. The average Bonchev–Trinajstić information content (AvgIpc) is 2.42. The molecule has 2 rings (SSSR count). The zero-order valence-corrected chi connectivity index (χ0v) is 12.6. The first kappa shape index (κ1) is 14.5. The number of hydrogen-bond acceptors (Lipinski definition) is 1. The minimum Gasteiger partial charge on any atom is -0.330 e. The molecule has 1 atom stereocenters. The van der Waals surface area contributed by atoms with Gasteiger partial charge in [-0.2, -0.15) is 0 Å².